The van der Waals surface area contributed by atoms with E-state index < -0.39 is 11.1 Å². The normalized spacial score (nSPS) is 24.9. The van der Waals surface area contributed by atoms with Crippen molar-refractivity contribution in [1.82, 2.24) is 4.90 Å². The lowest BCUT2D eigenvalue weighted by Crippen LogP contribution is -2.40. The summed E-state index contributed by atoms with van der Waals surface area (Å²) in [5, 5.41) is 0.717. The molecule has 1 aliphatic rings. The van der Waals surface area contributed by atoms with Crippen molar-refractivity contribution in [1.29, 1.82) is 0 Å². The van der Waals surface area contributed by atoms with Crippen molar-refractivity contribution in [2.75, 3.05) is 19.8 Å². The van der Waals surface area contributed by atoms with E-state index in [9.17, 15) is 8.76 Å². The average molecular weight is 288 g/mol. The second-order valence-electron chi connectivity index (χ2n) is 4.98. The summed E-state index contributed by atoms with van der Waals surface area (Å²) in [6.45, 7) is 0. The van der Waals surface area contributed by atoms with Crippen molar-refractivity contribution in [3.05, 3.63) is 34.3 Å². The second-order valence-corrected chi connectivity index (χ2v) is 6.36. The zero-order chi connectivity index (χ0) is 13.3. The molecular weight excluding hydrogens is 270 g/mol. The molecule has 2 rings (SSSR count). The number of benzene rings is 1. The molecular formula is C13H18ClNO2S. The van der Waals surface area contributed by atoms with E-state index in [1.54, 1.807) is 0 Å². The number of aryl methyl sites for hydroxylation is 1. The van der Waals surface area contributed by atoms with Crippen molar-refractivity contribution < 1.29 is 8.76 Å². The third-order valence-corrected chi connectivity index (χ3v) is 4.65. The van der Waals surface area contributed by atoms with Crippen LogP contribution in [0.4, 0.5) is 0 Å². The van der Waals surface area contributed by atoms with Crippen LogP contribution in [0.15, 0.2) is 18.2 Å². The lowest BCUT2D eigenvalue weighted by molar-refractivity contribution is 0.237. The first-order valence-electron chi connectivity index (χ1n) is 6.02. The van der Waals surface area contributed by atoms with Crippen LogP contribution >= 0.6 is 11.6 Å². The van der Waals surface area contributed by atoms with Gasteiger partial charge in [0.05, 0.1) is 5.75 Å². The first-order chi connectivity index (χ1) is 8.50. The fourth-order valence-electron chi connectivity index (χ4n) is 2.88. The molecule has 0 saturated heterocycles. The van der Waals surface area contributed by atoms with Gasteiger partial charge in [-0.05, 0) is 44.1 Å². The molecule has 0 fully saturated rings. The van der Waals surface area contributed by atoms with Gasteiger partial charge in [-0.3, -0.25) is 0 Å². The van der Waals surface area contributed by atoms with E-state index in [1.165, 1.54) is 5.56 Å². The van der Waals surface area contributed by atoms with E-state index >= 15 is 0 Å². The van der Waals surface area contributed by atoms with Gasteiger partial charge in [0.2, 0.25) is 0 Å². The molecule has 0 aromatic heterocycles. The summed E-state index contributed by atoms with van der Waals surface area (Å²) in [5.41, 5.74) is 2.28. The fourth-order valence-corrected chi connectivity index (χ4v) is 3.91. The van der Waals surface area contributed by atoms with Crippen LogP contribution in [0.1, 0.15) is 23.5 Å². The van der Waals surface area contributed by atoms with Gasteiger partial charge in [0.25, 0.3) is 0 Å². The zero-order valence-corrected chi connectivity index (χ0v) is 12.2. The van der Waals surface area contributed by atoms with Crippen molar-refractivity contribution in [2.45, 2.75) is 24.8 Å². The van der Waals surface area contributed by atoms with Gasteiger partial charge in [-0.1, -0.05) is 23.7 Å². The molecule has 0 spiro atoms. The number of fused-ring (bicyclic) bond motifs is 1. The van der Waals surface area contributed by atoms with E-state index in [0.29, 0.717) is 0 Å². The smallest absolute Gasteiger partial charge is 0.153 e. The Balaban J connectivity index is 2.44. The van der Waals surface area contributed by atoms with Crippen LogP contribution in [-0.4, -0.2) is 39.6 Å². The van der Waals surface area contributed by atoms with E-state index in [2.05, 4.69) is 11.0 Å². The minimum absolute atomic E-state index is 0.0308. The molecule has 0 amide bonds. The Labute approximate surface area is 115 Å². The lowest BCUT2D eigenvalue weighted by Gasteiger charge is -2.37. The van der Waals surface area contributed by atoms with Crippen LogP contribution in [0.2, 0.25) is 5.02 Å². The molecule has 3 unspecified atom stereocenters. The Kier molecular flexibility index (Phi) is 4.43. The third-order valence-electron chi connectivity index (χ3n) is 3.67. The quantitative estimate of drug-likeness (QED) is 0.869. The number of halogens is 1. The predicted octanol–water partition coefficient (Wildman–Crippen LogP) is 2.52. The molecule has 5 heteroatoms. The Morgan fingerprint density at radius 3 is 2.83 bits per heavy atom. The van der Waals surface area contributed by atoms with E-state index in [-0.39, 0.29) is 17.7 Å². The first kappa shape index (κ1) is 14.0. The molecule has 18 heavy (non-hydrogen) atoms. The highest BCUT2D eigenvalue weighted by molar-refractivity contribution is 7.79. The molecule has 100 valence electrons. The van der Waals surface area contributed by atoms with Gasteiger partial charge in [-0.2, -0.15) is 0 Å². The number of hydrogen-bond donors (Lipinski definition) is 1. The average Bonchev–Trinajstić information content (AvgIpc) is 2.28. The van der Waals surface area contributed by atoms with Crippen LogP contribution in [0, 0.1) is 0 Å². The molecule has 0 bridgehead atoms. The summed E-state index contributed by atoms with van der Waals surface area (Å²) in [7, 11) is 4.03. The fraction of sp³-hybridized carbons (Fsp3) is 0.538. The summed E-state index contributed by atoms with van der Waals surface area (Å²) >= 11 is 4.49. The predicted molar refractivity (Wildman–Crippen MR) is 75.6 cm³/mol. The summed E-state index contributed by atoms with van der Waals surface area (Å²) in [4.78, 5) is 2.13. The Morgan fingerprint density at radius 2 is 2.22 bits per heavy atom. The highest BCUT2D eigenvalue weighted by Gasteiger charge is 2.33. The van der Waals surface area contributed by atoms with E-state index in [1.807, 2.05) is 26.2 Å². The lowest BCUT2D eigenvalue weighted by atomic mass is 9.79. The first-order valence-corrected chi connectivity index (χ1v) is 7.67. The number of likely N-dealkylation sites (N-methyl/N-ethyl adjacent to an activating group) is 1. The van der Waals surface area contributed by atoms with Crippen LogP contribution in [0.25, 0.3) is 0 Å². The zero-order valence-electron chi connectivity index (χ0n) is 10.6. The molecule has 3 atom stereocenters. The third kappa shape index (κ3) is 2.77. The van der Waals surface area contributed by atoms with Crippen LogP contribution in [-0.2, 0) is 17.5 Å². The summed E-state index contributed by atoms with van der Waals surface area (Å²) in [6.07, 6.45) is 1.98. The van der Waals surface area contributed by atoms with Crippen LogP contribution < -0.4 is 0 Å². The molecule has 0 saturated carbocycles. The van der Waals surface area contributed by atoms with Crippen molar-refractivity contribution in [3.8, 4) is 0 Å². The maximum absolute atomic E-state index is 11.2. The highest BCUT2D eigenvalue weighted by Crippen LogP contribution is 2.38. The van der Waals surface area contributed by atoms with Crippen molar-refractivity contribution >= 4 is 22.7 Å². The Hall–Kier alpha value is -0.420. The molecule has 0 radical (unpaired) electrons. The van der Waals surface area contributed by atoms with Crippen molar-refractivity contribution in [3.63, 3.8) is 0 Å². The summed E-state index contributed by atoms with van der Waals surface area (Å²) in [6, 6.07) is 6.16. The molecule has 0 aliphatic heterocycles. The highest BCUT2D eigenvalue weighted by atomic mass is 35.5. The van der Waals surface area contributed by atoms with Gasteiger partial charge in [0, 0.05) is 17.0 Å². The monoisotopic (exact) mass is 287 g/mol. The van der Waals surface area contributed by atoms with Gasteiger partial charge in [-0.25, -0.2) is 4.21 Å². The maximum atomic E-state index is 11.2. The number of nitrogens with zero attached hydrogens (tertiary/aromatic N) is 1. The summed E-state index contributed by atoms with van der Waals surface area (Å²) in [5.74, 6) is 0.280. The molecule has 1 aliphatic carbocycles. The van der Waals surface area contributed by atoms with Gasteiger partial charge in [-0.15, -0.1) is 0 Å². The van der Waals surface area contributed by atoms with Crippen LogP contribution in [0.3, 0.4) is 0 Å². The second kappa shape index (κ2) is 5.70. The number of hydrogen-bond acceptors (Lipinski definition) is 2. The topological polar surface area (TPSA) is 40.5 Å². The van der Waals surface area contributed by atoms with Gasteiger partial charge in [0.1, 0.15) is 0 Å². The van der Waals surface area contributed by atoms with Gasteiger partial charge < -0.3 is 9.45 Å². The molecule has 1 aromatic carbocycles. The Morgan fingerprint density at radius 1 is 1.50 bits per heavy atom. The van der Waals surface area contributed by atoms with E-state index in [0.717, 1.165) is 23.4 Å². The Bertz CT molecular complexity index is 464. The minimum Gasteiger partial charge on any atom is -0.306 e. The number of rotatable bonds is 3. The van der Waals surface area contributed by atoms with Gasteiger partial charge in [0.15, 0.2) is 11.1 Å². The molecule has 0 heterocycles. The molecule has 1 N–H and O–H groups in total. The SMILES string of the molecule is CN(C)C1CCc2cccc(Cl)c2C1CS(=O)O. The molecule has 1 aromatic rings. The largest absolute Gasteiger partial charge is 0.306 e. The van der Waals surface area contributed by atoms with Crippen LogP contribution in [0.5, 0.6) is 0 Å². The van der Waals surface area contributed by atoms with Crippen molar-refractivity contribution in [2.24, 2.45) is 0 Å². The maximum Gasteiger partial charge on any atom is 0.153 e. The molecule has 3 nitrogen and oxygen atoms in total. The standard InChI is InChI=1S/C13H18ClNO2S/c1-15(2)12-7-6-9-4-3-5-11(14)13(9)10(12)8-18(16)17/h3-5,10,12H,6-8H2,1-2H3,(H,16,17). The summed E-state index contributed by atoms with van der Waals surface area (Å²) < 4.78 is 20.4. The van der Waals surface area contributed by atoms with E-state index in [4.69, 9.17) is 11.6 Å². The minimum atomic E-state index is -1.80. The van der Waals surface area contributed by atoms with Gasteiger partial charge >= 0.3 is 0 Å².